The molecule has 1 atom stereocenters. The van der Waals surface area contributed by atoms with Crippen molar-refractivity contribution >= 4 is 11.7 Å². The van der Waals surface area contributed by atoms with Gasteiger partial charge >= 0.3 is 12.2 Å². The molecule has 0 bridgehead atoms. The van der Waals surface area contributed by atoms with Crippen LogP contribution in [0.2, 0.25) is 0 Å². The summed E-state index contributed by atoms with van der Waals surface area (Å²) in [4.78, 5) is 21.1. The summed E-state index contributed by atoms with van der Waals surface area (Å²) in [6.07, 6.45) is -0.819. The van der Waals surface area contributed by atoms with Crippen molar-refractivity contribution in [2.45, 2.75) is 31.5 Å². The van der Waals surface area contributed by atoms with Crippen LogP contribution in [-0.2, 0) is 10.9 Å². The summed E-state index contributed by atoms with van der Waals surface area (Å²) >= 11 is 0. The second-order valence-electron chi connectivity index (χ2n) is 9.38. The minimum absolute atomic E-state index is 0.00568. The molecular weight excluding hydrogens is 447 g/mol. The first-order valence-electron chi connectivity index (χ1n) is 12.4. The van der Waals surface area contributed by atoms with Crippen molar-refractivity contribution in [3.63, 3.8) is 0 Å². The topological polar surface area (TPSA) is 51.3 Å². The number of ether oxygens (including phenoxy) is 1. The molecule has 3 heterocycles. The summed E-state index contributed by atoms with van der Waals surface area (Å²) in [6, 6.07) is 5.55. The van der Waals surface area contributed by atoms with Gasteiger partial charge in [0.1, 0.15) is 0 Å². The number of rotatable bonds is 7. The molecule has 34 heavy (non-hydrogen) atoms. The van der Waals surface area contributed by atoms with Crippen molar-refractivity contribution in [3.8, 4) is 0 Å². The molecule has 3 fully saturated rings. The number of nitrogens with zero attached hydrogens (tertiary/aromatic N) is 4. The number of hydrogen-bond donors (Lipinski definition) is 1. The number of carbonyl (C=O) groups excluding carboxylic acids is 1. The molecule has 0 aliphatic carbocycles. The highest BCUT2D eigenvalue weighted by molar-refractivity contribution is 5.74. The lowest BCUT2D eigenvalue weighted by molar-refractivity contribution is -0.137. The minimum atomic E-state index is -4.32. The Morgan fingerprint density at radius 2 is 1.76 bits per heavy atom. The van der Waals surface area contributed by atoms with E-state index in [1.165, 1.54) is 12.1 Å². The van der Waals surface area contributed by atoms with Gasteiger partial charge in [0.2, 0.25) is 0 Å². The number of benzene rings is 1. The average molecular weight is 484 g/mol. The highest BCUT2D eigenvalue weighted by Gasteiger charge is 2.31. The van der Waals surface area contributed by atoms with E-state index in [0.29, 0.717) is 31.4 Å². The lowest BCUT2D eigenvalue weighted by Crippen LogP contribution is -2.53. The number of alkyl halides is 3. The van der Waals surface area contributed by atoms with Crippen molar-refractivity contribution in [1.82, 2.24) is 20.0 Å². The number of amides is 2. The van der Waals surface area contributed by atoms with Crippen LogP contribution in [0.3, 0.4) is 0 Å². The molecule has 1 unspecified atom stereocenters. The van der Waals surface area contributed by atoms with Crippen molar-refractivity contribution in [1.29, 1.82) is 0 Å². The summed E-state index contributed by atoms with van der Waals surface area (Å²) < 4.78 is 44.6. The molecule has 1 N–H and O–H groups in total. The first-order valence-corrected chi connectivity index (χ1v) is 12.4. The quantitative estimate of drug-likeness (QED) is 0.605. The molecule has 0 saturated carbocycles. The van der Waals surface area contributed by atoms with Gasteiger partial charge in [-0.25, -0.2) is 4.79 Å². The normalized spacial score (nSPS) is 22.9. The Morgan fingerprint density at radius 1 is 1.03 bits per heavy atom. The zero-order chi connectivity index (χ0) is 24.0. The monoisotopic (exact) mass is 483 g/mol. The van der Waals surface area contributed by atoms with E-state index in [9.17, 15) is 18.0 Å². The molecule has 190 valence electrons. The third-order valence-electron chi connectivity index (χ3n) is 6.98. The van der Waals surface area contributed by atoms with E-state index in [0.717, 1.165) is 84.3 Å². The van der Waals surface area contributed by atoms with E-state index >= 15 is 0 Å². The minimum Gasteiger partial charge on any atom is -0.377 e. The smallest absolute Gasteiger partial charge is 0.377 e. The summed E-state index contributed by atoms with van der Waals surface area (Å²) in [5.41, 5.74) is 0.0185. The highest BCUT2D eigenvalue weighted by Crippen LogP contribution is 2.31. The van der Waals surface area contributed by atoms with E-state index in [4.69, 9.17) is 4.74 Å². The maximum atomic E-state index is 13.0. The Labute approximate surface area is 199 Å². The number of nitrogens with one attached hydrogen (secondary N) is 1. The largest absolute Gasteiger partial charge is 0.416 e. The molecule has 3 aliphatic heterocycles. The second-order valence-corrected chi connectivity index (χ2v) is 9.38. The van der Waals surface area contributed by atoms with Crippen LogP contribution >= 0.6 is 0 Å². The maximum Gasteiger partial charge on any atom is 0.416 e. The Balaban J connectivity index is 1.09. The number of hydrogen-bond acceptors (Lipinski definition) is 5. The zero-order valence-corrected chi connectivity index (χ0v) is 19.7. The van der Waals surface area contributed by atoms with Gasteiger partial charge in [-0.3, -0.25) is 9.80 Å². The molecule has 4 rings (SSSR count). The first-order chi connectivity index (χ1) is 16.4. The van der Waals surface area contributed by atoms with Crippen LogP contribution in [0.5, 0.6) is 0 Å². The van der Waals surface area contributed by atoms with E-state index in [-0.39, 0.29) is 6.03 Å². The molecule has 2 amide bonds. The predicted molar refractivity (Wildman–Crippen MR) is 125 cm³/mol. The van der Waals surface area contributed by atoms with Gasteiger partial charge in [0.05, 0.1) is 11.7 Å². The Morgan fingerprint density at radius 3 is 2.44 bits per heavy atom. The van der Waals surface area contributed by atoms with E-state index in [2.05, 4.69) is 15.1 Å². The fraction of sp³-hybridized carbons (Fsp3) is 0.708. The van der Waals surface area contributed by atoms with Gasteiger partial charge in [0.15, 0.2) is 0 Å². The molecule has 1 aromatic carbocycles. The fourth-order valence-electron chi connectivity index (χ4n) is 4.93. The fourth-order valence-corrected chi connectivity index (χ4v) is 4.93. The van der Waals surface area contributed by atoms with Gasteiger partial charge in [0.25, 0.3) is 0 Å². The van der Waals surface area contributed by atoms with Crippen LogP contribution in [0.15, 0.2) is 24.3 Å². The Kier molecular flexibility index (Phi) is 8.55. The predicted octanol–water partition coefficient (Wildman–Crippen LogP) is 2.72. The molecule has 0 radical (unpaired) electrons. The van der Waals surface area contributed by atoms with Gasteiger partial charge < -0.3 is 19.9 Å². The first kappa shape index (κ1) is 25.1. The third kappa shape index (κ3) is 6.99. The number of carbonyl (C=O) groups is 1. The third-order valence-corrected chi connectivity index (χ3v) is 6.98. The van der Waals surface area contributed by atoms with Crippen LogP contribution in [0.4, 0.5) is 23.7 Å². The van der Waals surface area contributed by atoms with Crippen LogP contribution in [0.1, 0.15) is 24.8 Å². The van der Waals surface area contributed by atoms with Gasteiger partial charge in [-0.1, -0.05) is 6.07 Å². The molecule has 10 heteroatoms. The summed E-state index contributed by atoms with van der Waals surface area (Å²) in [5, 5.41) is 3.04. The van der Waals surface area contributed by atoms with Crippen molar-refractivity contribution in [2.75, 3.05) is 83.5 Å². The molecule has 1 aromatic rings. The van der Waals surface area contributed by atoms with Crippen LogP contribution in [0.25, 0.3) is 0 Å². The Hall–Kier alpha value is -2.04. The Bertz CT molecular complexity index is 787. The van der Waals surface area contributed by atoms with E-state index < -0.39 is 11.7 Å². The van der Waals surface area contributed by atoms with Crippen molar-refractivity contribution in [3.05, 3.63) is 29.8 Å². The SMILES string of the molecule is O=C(NCCCN1CCN(c2cccc(C(F)(F)F)c2)CC1)N1CCN(CC2CCCO2)CC1. The maximum absolute atomic E-state index is 13.0. The highest BCUT2D eigenvalue weighted by atomic mass is 19.4. The molecule has 7 nitrogen and oxygen atoms in total. The standard InChI is InChI=1S/C24H36F3N5O2/c25-24(26,27)20-4-1-5-21(18-20)31-13-9-29(10-14-31)8-3-7-28-23(33)32-15-11-30(12-16-32)19-22-6-2-17-34-22/h1,4-5,18,22H,2-3,6-17,19H2,(H,28,33). The zero-order valence-electron chi connectivity index (χ0n) is 19.7. The second kappa shape index (κ2) is 11.6. The number of urea groups is 1. The van der Waals surface area contributed by atoms with E-state index in [1.54, 1.807) is 6.07 Å². The molecule has 3 saturated heterocycles. The van der Waals surface area contributed by atoms with Crippen LogP contribution in [-0.4, -0.2) is 105 Å². The van der Waals surface area contributed by atoms with E-state index in [1.807, 2.05) is 9.80 Å². The van der Waals surface area contributed by atoms with Gasteiger partial charge in [-0.15, -0.1) is 0 Å². The van der Waals surface area contributed by atoms with Gasteiger partial charge in [0, 0.05) is 77.7 Å². The summed E-state index contributed by atoms with van der Waals surface area (Å²) in [5.74, 6) is 0. The van der Waals surface area contributed by atoms with Crippen LogP contribution in [0, 0.1) is 0 Å². The van der Waals surface area contributed by atoms with Crippen molar-refractivity contribution < 1.29 is 22.7 Å². The molecule has 3 aliphatic rings. The summed E-state index contributed by atoms with van der Waals surface area (Å²) in [7, 11) is 0. The molecule has 0 aromatic heterocycles. The van der Waals surface area contributed by atoms with Crippen LogP contribution < -0.4 is 10.2 Å². The molecule has 0 spiro atoms. The number of halogens is 3. The molecular formula is C24H36F3N5O2. The number of piperazine rings is 2. The lowest BCUT2D eigenvalue weighted by atomic mass is 10.1. The average Bonchev–Trinajstić information content (AvgIpc) is 3.35. The van der Waals surface area contributed by atoms with Gasteiger partial charge in [-0.05, 0) is 44.0 Å². The van der Waals surface area contributed by atoms with Gasteiger partial charge in [-0.2, -0.15) is 13.2 Å². The van der Waals surface area contributed by atoms with Crippen molar-refractivity contribution in [2.24, 2.45) is 0 Å². The lowest BCUT2D eigenvalue weighted by Gasteiger charge is -2.36. The summed E-state index contributed by atoms with van der Waals surface area (Å²) in [6.45, 7) is 9.62. The number of anilines is 1.